The molecule has 1 aliphatic rings. The summed E-state index contributed by atoms with van der Waals surface area (Å²) in [6.45, 7) is 10.4. The van der Waals surface area contributed by atoms with Crippen LogP contribution in [-0.2, 0) is 4.79 Å². The maximum atomic E-state index is 11.0. The van der Waals surface area contributed by atoms with Gasteiger partial charge in [0.2, 0.25) is 5.91 Å². The number of carbonyl (C=O) groups excluding carboxylic acids is 1. The van der Waals surface area contributed by atoms with Crippen molar-refractivity contribution in [2.24, 2.45) is 0 Å². The molecule has 1 aromatic rings. The van der Waals surface area contributed by atoms with Gasteiger partial charge >= 0.3 is 0 Å². The van der Waals surface area contributed by atoms with Gasteiger partial charge in [-0.2, -0.15) is 0 Å². The Morgan fingerprint density at radius 3 is 1.96 bits per heavy atom. The molecule has 1 aliphatic heterocycles. The lowest BCUT2D eigenvalue weighted by molar-refractivity contribution is -0.114. The highest BCUT2D eigenvalue weighted by Gasteiger charge is 2.37. The first kappa shape index (κ1) is 18.7. The zero-order valence-electron chi connectivity index (χ0n) is 15.1. The summed E-state index contributed by atoms with van der Waals surface area (Å²) in [5, 5.41) is 13.7. The van der Waals surface area contributed by atoms with E-state index >= 15 is 0 Å². The average molecular weight is 349 g/mol. The van der Waals surface area contributed by atoms with E-state index in [0.29, 0.717) is 11.2 Å². The minimum atomic E-state index is -0.0796. The van der Waals surface area contributed by atoms with E-state index in [1.54, 1.807) is 0 Å². The van der Waals surface area contributed by atoms with Crippen molar-refractivity contribution in [3.8, 4) is 0 Å². The summed E-state index contributed by atoms with van der Waals surface area (Å²) in [5.74, 6) is -0.0796. The molecule has 0 spiro atoms. The van der Waals surface area contributed by atoms with Crippen LogP contribution in [0.15, 0.2) is 24.3 Å². The monoisotopic (exact) mass is 348 g/mol. The van der Waals surface area contributed by atoms with Gasteiger partial charge in [-0.1, -0.05) is 0 Å². The fourth-order valence-electron chi connectivity index (χ4n) is 3.62. The van der Waals surface area contributed by atoms with E-state index in [1.807, 2.05) is 24.3 Å². The van der Waals surface area contributed by atoms with E-state index in [4.69, 9.17) is 12.2 Å². The number of hydrogen-bond acceptors (Lipinski definition) is 3. The van der Waals surface area contributed by atoms with E-state index in [1.165, 1.54) is 6.92 Å². The van der Waals surface area contributed by atoms with Crippen LogP contribution in [0.2, 0.25) is 0 Å². The maximum absolute atomic E-state index is 11.0. The molecule has 24 heavy (non-hydrogen) atoms. The predicted octanol–water partition coefficient (Wildman–Crippen LogP) is 3.24. The van der Waals surface area contributed by atoms with Crippen LogP contribution in [0.5, 0.6) is 0 Å². The number of amides is 1. The highest BCUT2D eigenvalue weighted by Crippen LogP contribution is 2.28. The number of anilines is 2. The summed E-state index contributed by atoms with van der Waals surface area (Å²) in [4.78, 5) is 11.0. The fraction of sp³-hybridized carbons (Fsp3) is 0.556. The molecule has 1 saturated heterocycles. The zero-order valence-corrected chi connectivity index (χ0v) is 15.9. The first-order chi connectivity index (χ1) is 11.0. The lowest BCUT2D eigenvalue weighted by Crippen LogP contribution is -2.62. The smallest absolute Gasteiger partial charge is 0.221 e. The molecule has 0 atom stereocenters. The number of carbonyl (C=O) groups is 1. The Kier molecular flexibility index (Phi) is 5.50. The van der Waals surface area contributed by atoms with Crippen LogP contribution in [0.3, 0.4) is 0 Å². The number of hydrogen-bond donors (Lipinski definition) is 4. The molecule has 1 heterocycles. The highest BCUT2D eigenvalue weighted by atomic mass is 32.1. The highest BCUT2D eigenvalue weighted by molar-refractivity contribution is 7.80. The first-order valence-corrected chi connectivity index (χ1v) is 8.70. The molecule has 4 N–H and O–H groups in total. The van der Waals surface area contributed by atoms with Crippen molar-refractivity contribution in [3.05, 3.63) is 24.3 Å². The molecule has 6 heteroatoms. The van der Waals surface area contributed by atoms with Crippen LogP contribution in [0.1, 0.15) is 47.5 Å². The number of thiocarbonyl (C=S) groups is 1. The molecule has 2 rings (SSSR count). The van der Waals surface area contributed by atoms with Gasteiger partial charge in [-0.25, -0.2) is 0 Å². The summed E-state index contributed by atoms with van der Waals surface area (Å²) >= 11 is 5.46. The van der Waals surface area contributed by atoms with Crippen LogP contribution in [0.25, 0.3) is 0 Å². The predicted molar refractivity (Wildman–Crippen MR) is 104 cm³/mol. The number of rotatable bonds is 3. The second-order valence-corrected chi connectivity index (χ2v) is 8.26. The Morgan fingerprint density at radius 1 is 1.04 bits per heavy atom. The van der Waals surface area contributed by atoms with Gasteiger partial charge in [0, 0.05) is 35.4 Å². The molecule has 1 amide bonds. The summed E-state index contributed by atoms with van der Waals surface area (Å²) < 4.78 is 0. The van der Waals surface area contributed by atoms with Crippen LogP contribution in [-0.4, -0.2) is 28.1 Å². The minimum absolute atomic E-state index is 0.0784. The van der Waals surface area contributed by atoms with E-state index in [-0.39, 0.29) is 17.0 Å². The molecule has 1 aromatic carbocycles. The van der Waals surface area contributed by atoms with Crippen molar-refractivity contribution in [3.63, 3.8) is 0 Å². The molecule has 132 valence electrons. The second-order valence-electron chi connectivity index (χ2n) is 7.85. The van der Waals surface area contributed by atoms with Gasteiger partial charge in [-0.3, -0.25) is 4.79 Å². The lowest BCUT2D eigenvalue weighted by atomic mass is 9.80. The Hall–Kier alpha value is -1.66. The van der Waals surface area contributed by atoms with Crippen molar-refractivity contribution in [2.75, 3.05) is 10.6 Å². The third kappa shape index (κ3) is 5.76. The summed E-state index contributed by atoms with van der Waals surface area (Å²) in [7, 11) is 0. The van der Waals surface area contributed by atoms with Gasteiger partial charge in [0.1, 0.15) is 0 Å². The zero-order chi connectivity index (χ0) is 18.0. The number of piperidine rings is 1. The standard InChI is InChI=1S/C18H28N4OS/c1-12(23)19-13-6-8-14(9-7-13)20-16(24)21-15-10-17(2,3)22-18(4,5)11-15/h6-9,15,22H,10-11H2,1-5H3,(H,19,23)(H2,20,21,24). The van der Waals surface area contributed by atoms with Gasteiger partial charge in [0.15, 0.2) is 5.11 Å². The van der Waals surface area contributed by atoms with Crippen molar-refractivity contribution in [1.29, 1.82) is 0 Å². The molecular formula is C18H28N4OS. The molecule has 1 fully saturated rings. The number of benzene rings is 1. The van der Waals surface area contributed by atoms with Crippen LogP contribution < -0.4 is 21.3 Å². The Labute approximate surface area is 150 Å². The molecule has 5 nitrogen and oxygen atoms in total. The third-order valence-electron chi connectivity index (χ3n) is 3.99. The Morgan fingerprint density at radius 2 is 1.50 bits per heavy atom. The fourth-order valence-corrected chi connectivity index (χ4v) is 3.90. The van der Waals surface area contributed by atoms with E-state index in [2.05, 4.69) is 49.0 Å². The average Bonchev–Trinajstić information content (AvgIpc) is 2.36. The van der Waals surface area contributed by atoms with Crippen LogP contribution >= 0.6 is 12.2 Å². The normalized spacial score (nSPS) is 19.4. The molecule has 0 unspecified atom stereocenters. The Bertz CT molecular complexity index is 594. The summed E-state index contributed by atoms with van der Waals surface area (Å²) in [6, 6.07) is 7.83. The Balaban J connectivity index is 1.92. The van der Waals surface area contributed by atoms with Crippen molar-refractivity contribution in [1.82, 2.24) is 10.6 Å². The van der Waals surface area contributed by atoms with E-state index in [9.17, 15) is 4.79 Å². The summed E-state index contributed by atoms with van der Waals surface area (Å²) in [6.07, 6.45) is 2.03. The molecule has 0 radical (unpaired) electrons. The molecule has 0 saturated carbocycles. The summed E-state index contributed by atoms with van der Waals surface area (Å²) in [5.41, 5.74) is 1.83. The SMILES string of the molecule is CC(=O)Nc1ccc(NC(=S)NC2CC(C)(C)NC(C)(C)C2)cc1. The topological polar surface area (TPSA) is 65.2 Å². The largest absolute Gasteiger partial charge is 0.360 e. The van der Waals surface area contributed by atoms with E-state index in [0.717, 1.165) is 24.2 Å². The molecule has 0 aliphatic carbocycles. The lowest BCUT2D eigenvalue weighted by Gasteiger charge is -2.46. The van der Waals surface area contributed by atoms with Crippen LogP contribution in [0, 0.1) is 0 Å². The molecule has 0 aromatic heterocycles. The third-order valence-corrected chi connectivity index (χ3v) is 4.21. The first-order valence-electron chi connectivity index (χ1n) is 8.29. The van der Waals surface area contributed by atoms with Crippen LogP contribution in [0.4, 0.5) is 11.4 Å². The van der Waals surface area contributed by atoms with Gasteiger partial charge in [0.05, 0.1) is 0 Å². The van der Waals surface area contributed by atoms with Gasteiger partial charge in [-0.15, -0.1) is 0 Å². The second kappa shape index (κ2) is 7.07. The molecule has 0 bridgehead atoms. The molecular weight excluding hydrogens is 320 g/mol. The van der Waals surface area contributed by atoms with Gasteiger partial charge in [-0.05, 0) is 77.0 Å². The van der Waals surface area contributed by atoms with Crippen molar-refractivity contribution >= 4 is 34.6 Å². The number of nitrogens with one attached hydrogen (secondary N) is 4. The minimum Gasteiger partial charge on any atom is -0.360 e. The van der Waals surface area contributed by atoms with Gasteiger partial charge < -0.3 is 21.3 Å². The maximum Gasteiger partial charge on any atom is 0.221 e. The van der Waals surface area contributed by atoms with Crippen molar-refractivity contribution in [2.45, 2.75) is 64.6 Å². The van der Waals surface area contributed by atoms with E-state index < -0.39 is 0 Å². The van der Waals surface area contributed by atoms with Gasteiger partial charge in [0.25, 0.3) is 0 Å². The van der Waals surface area contributed by atoms with Crippen molar-refractivity contribution < 1.29 is 4.79 Å². The quantitative estimate of drug-likeness (QED) is 0.632.